The van der Waals surface area contributed by atoms with Crippen molar-refractivity contribution >= 4 is 23.4 Å². The van der Waals surface area contributed by atoms with Gasteiger partial charge in [0.1, 0.15) is 11.9 Å². The minimum Gasteiger partial charge on any atom is -0.392 e. The zero-order valence-electron chi connectivity index (χ0n) is 18.3. The zero-order chi connectivity index (χ0) is 22.5. The molecule has 0 bridgehead atoms. The van der Waals surface area contributed by atoms with Gasteiger partial charge in [-0.15, -0.1) is 0 Å². The Morgan fingerprint density at radius 1 is 1.19 bits per heavy atom. The Balaban J connectivity index is 1.23. The van der Waals surface area contributed by atoms with Gasteiger partial charge >= 0.3 is 6.03 Å². The Labute approximate surface area is 187 Å². The molecule has 1 saturated heterocycles. The molecule has 9 heteroatoms. The average Bonchev–Trinajstić information content (AvgIpc) is 2.80. The molecule has 2 heterocycles. The molecule has 1 aliphatic carbocycles. The zero-order valence-corrected chi connectivity index (χ0v) is 18.3. The third-order valence-corrected chi connectivity index (χ3v) is 6.11. The van der Waals surface area contributed by atoms with Crippen LogP contribution in [0.5, 0.6) is 0 Å². The summed E-state index contributed by atoms with van der Waals surface area (Å²) in [4.78, 5) is 27.8. The van der Waals surface area contributed by atoms with E-state index in [9.17, 15) is 9.18 Å². The van der Waals surface area contributed by atoms with Gasteiger partial charge in [-0.1, -0.05) is 11.2 Å². The monoisotopic (exact) mass is 440 g/mol. The van der Waals surface area contributed by atoms with Gasteiger partial charge in [0.05, 0.1) is 11.4 Å². The van der Waals surface area contributed by atoms with E-state index in [4.69, 9.17) is 10.6 Å². The molecule has 2 aromatic rings. The van der Waals surface area contributed by atoms with E-state index in [2.05, 4.69) is 25.3 Å². The van der Waals surface area contributed by atoms with Crippen LogP contribution in [0.15, 0.2) is 35.7 Å². The van der Waals surface area contributed by atoms with Crippen molar-refractivity contribution < 1.29 is 14.0 Å². The Morgan fingerprint density at radius 3 is 2.50 bits per heavy atom. The highest BCUT2D eigenvalue weighted by Gasteiger charge is 2.24. The Morgan fingerprint density at radius 2 is 1.88 bits per heavy atom. The predicted molar refractivity (Wildman–Crippen MR) is 121 cm³/mol. The summed E-state index contributed by atoms with van der Waals surface area (Å²) < 4.78 is 14.2. The van der Waals surface area contributed by atoms with E-state index in [1.54, 1.807) is 6.07 Å². The second-order valence-electron chi connectivity index (χ2n) is 8.51. The van der Waals surface area contributed by atoms with Crippen molar-refractivity contribution in [2.24, 2.45) is 10.9 Å². The standard InChI is InChI=1S/C23H29FN6O2/c1-15-13-26-23(27-14-15)30-10-8-19(9-11-30)32-29-18-5-2-16(3-6-18)17-4-7-21(20(24)12-17)28-22(25)31/h4,7,12-14,16,19H,2-3,5-6,8-11H2,1H3,(H3,25,28,31). The van der Waals surface area contributed by atoms with E-state index in [1.165, 1.54) is 6.07 Å². The summed E-state index contributed by atoms with van der Waals surface area (Å²) in [7, 11) is 0. The highest BCUT2D eigenvalue weighted by atomic mass is 19.1. The average molecular weight is 441 g/mol. The summed E-state index contributed by atoms with van der Waals surface area (Å²) >= 11 is 0. The molecule has 1 aromatic carbocycles. The van der Waals surface area contributed by atoms with Crippen LogP contribution in [0.25, 0.3) is 0 Å². The number of piperidine rings is 1. The summed E-state index contributed by atoms with van der Waals surface area (Å²) in [5.74, 6) is 0.573. The molecule has 0 atom stereocenters. The van der Waals surface area contributed by atoms with Crippen molar-refractivity contribution in [3.05, 3.63) is 47.5 Å². The van der Waals surface area contributed by atoms with Crippen molar-refractivity contribution in [3.8, 4) is 0 Å². The molecule has 0 spiro atoms. The predicted octanol–water partition coefficient (Wildman–Crippen LogP) is 4.11. The number of anilines is 2. The molecule has 2 aliphatic rings. The lowest BCUT2D eigenvalue weighted by Crippen LogP contribution is -2.37. The normalized spacial score (nSPS) is 19.5. The van der Waals surface area contributed by atoms with Crippen molar-refractivity contribution in [2.75, 3.05) is 23.3 Å². The van der Waals surface area contributed by atoms with Crippen LogP contribution < -0.4 is 16.0 Å². The summed E-state index contributed by atoms with van der Waals surface area (Å²) in [5.41, 5.74) is 8.22. The SMILES string of the molecule is Cc1cnc(N2CCC(ON=C3CCC(c4ccc(NC(N)=O)c(F)c4)CC3)CC2)nc1. The summed E-state index contributed by atoms with van der Waals surface area (Å²) in [6, 6.07) is 4.13. The third kappa shape index (κ3) is 5.52. The number of rotatable bonds is 5. The molecular weight excluding hydrogens is 411 g/mol. The van der Waals surface area contributed by atoms with E-state index >= 15 is 0 Å². The van der Waals surface area contributed by atoms with Gasteiger partial charge in [-0.2, -0.15) is 0 Å². The number of aromatic nitrogens is 2. The Bertz CT molecular complexity index is 963. The fourth-order valence-corrected chi connectivity index (χ4v) is 4.25. The van der Waals surface area contributed by atoms with Crippen molar-refractivity contribution in [1.82, 2.24) is 9.97 Å². The van der Waals surface area contributed by atoms with Gasteiger partial charge in [0.2, 0.25) is 5.95 Å². The van der Waals surface area contributed by atoms with Crippen LogP contribution >= 0.6 is 0 Å². The molecule has 1 aromatic heterocycles. The summed E-state index contributed by atoms with van der Waals surface area (Å²) in [6.07, 6.45) is 9.04. The van der Waals surface area contributed by atoms with Gasteiger partial charge in [-0.3, -0.25) is 0 Å². The number of benzene rings is 1. The Kier molecular flexibility index (Phi) is 6.82. The first-order valence-electron chi connectivity index (χ1n) is 11.1. The number of oxime groups is 1. The lowest BCUT2D eigenvalue weighted by molar-refractivity contribution is 0.0406. The van der Waals surface area contributed by atoms with Gasteiger partial charge in [0.15, 0.2) is 0 Å². The minimum absolute atomic E-state index is 0.104. The van der Waals surface area contributed by atoms with Crippen molar-refractivity contribution in [3.63, 3.8) is 0 Å². The number of carbonyl (C=O) groups is 1. The van der Waals surface area contributed by atoms with E-state index in [-0.39, 0.29) is 17.7 Å². The maximum atomic E-state index is 14.2. The van der Waals surface area contributed by atoms with Gasteiger partial charge in [0.25, 0.3) is 0 Å². The van der Waals surface area contributed by atoms with E-state index in [1.807, 2.05) is 25.4 Å². The van der Waals surface area contributed by atoms with Crippen LogP contribution in [0.2, 0.25) is 0 Å². The first-order chi connectivity index (χ1) is 15.5. The molecule has 1 saturated carbocycles. The third-order valence-electron chi connectivity index (χ3n) is 6.11. The van der Waals surface area contributed by atoms with Crippen LogP contribution in [-0.2, 0) is 4.84 Å². The van der Waals surface area contributed by atoms with Crippen LogP contribution in [0.1, 0.15) is 55.6 Å². The van der Waals surface area contributed by atoms with Crippen LogP contribution in [0.4, 0.5) is 20.8 Å². The number of primary amides is 1. The molecule has 170 valence electrons. The topological polar surface area (TPSA) is 106 Å². The number of amides is 2. The molecule has 0 radical (unpaired) electrons. The highest BCUT2D eigenvalue weighted by molar-refractivity contribution is 5.88. The molecular formula is C23H29FN6O2. The summed E-state index contributed by atoms with van der Waals surface area (Å²) in [6.45, 7) is 3.69. The number of hydrogen-bond acceptors (Lipinski definition) is 6. The van der Waals surface area contributed by atoms with Crippen LogP contribution in [0, 0.1) is 12.7 Å². The Hall–Kier alpha value is -3.23. The molecule has 32 heavy (non-hydrogen) atoms. The van der Waals surface area contributed by atoms with Gasteiger partial charge in [0, 0.05) is 38.3 Å². The van der Waals surface area contributed by atoms with E-state index in [0.717, 1.165) is 74.4 Å². The number of nitrogens with two attached hydrogens (primary N) is 1. The van der Waals surface area contributed by atoms with Crippen LogP contribution in [0.3, 0.4) is 0 Å². The number of nitrogens with one attached hydrogen (secondary N) is 1. The van der Waals surface area contributed by atoms with Gasteiger partial charge < -0.3 is 20.8 Å². The molecule has 8 nitrogen and oxygen atoms in total. The second-order valence-corrected chi connectivity index (χ2v) is 8.51. The molecule has 1 aliphatic heterocycles. The smallest absolute Gasteiger partial charge is 0.316 e. The molecule has 0 unspecified atom stereocenters. The fraction of sp³-hybridized carbons (Fsp3) is 0.478. The van der Waals surface area contributed by atoms with E-state index in [0.29, 0.717) is 0 Å². The second kappa shape index (κ2) is 9.93. The van der Waals surface area contributed by atoms with Crippen molar-refractivity contribution in [1.29, 1.82) is 0 Å². The number of urea groups is 1. The largest absolute Gasteiger partial charge is 0.392 e. The van der Waals surface area contributed by atoms with Gasteiger partial charge in [-0.05, 0) is 61.8 Å². The lowest BCUT2D eigenvalue weighted by atomic mass is 9.83. The maximum absolute atomic E-state index is 14.2. The first-order valence-corrected chi connectivity index (χ1v) is 11.1. The highest BCUT2D eigenvalue weighted by Crippen LogP contribution is 2.33. The first kappa shape index (κ1) is 22.0. The molecule has 2 amide bonds. The number of halogens is 1. The number of aryl methyl sites for hydroxylation is 1. The number of hydrogen-bond donors (Lipinski definition) is 2. The minimum atomic E-state index is -0.774. The lowest BCUT2D eigenvalue weighted by Gasteiger charge is -2.31. The fourth-order valence-electron chi connectivity index (χ4n) is 4.25. The number of carbonyl (C=O) groups excluding carboxylic acids is 1. The van der Waals surface area contributed by atoms with Crippen LogP contribution in [-0.4, -0.2) is 40.9 Å². The quantitative estimate of drug-likeness (QED) is 0.681. The molecule has 2 fully saturated rings. The molecule has 3 N–H and O–H groups in total. The number of nitrogens with zero attached hydrogens (tertiary/aromatic N) is 4. The van der Waals surface area contributed by atoms with Crippen molar-refractivity contribution in [2.45, 2.75) is 57.5 Å². The van der Waals surface area contributed by atoms with E-state index < -0.39 is 11.8 Å². The van der Waals surface area contributed by atoms with Gasteiger partial charge in [-0.25, -0.2) is 19.2 Å². The summed E-state index contributed by atoms with van der Waals surface area (Å²) in [5, 5.41) is 6.73. The maximum Gasteiger partial charge on any atom is 0.316 e. The molecule has 4 rings (SSSR count).